The predicted octanol–water partition coefficient (Wildman–Crippen LogP) is 3.87. The number of pyridine rings is 2. The third-order valence-electron chi connectivity index (χ3n) is 6.32. The number of anilines is 1. The second-order valence-corrected chi connectivity index (χ2v) is 8.83. The molecule has 2 atom stereocenters. The number of nitrogens with one attached hydrogen (secondary N) is 1. The molecule has 4 aromatic rings. The van der Waals surface area contributed by atoms with E-state index in [2.05, 4.69) is 25.6 Å². The molecular formula is C25H27N7O4. The smallest absolute Gasteiger partial charge is 0.306 e. The summed E-state index contributed by atoms with van der Waals surface area (Å²) in [6.07, 6.45) is 6.10. The van der Waals surface area contributed by atoms with Crippen molar-refractivity contribution >= 4 is 12.0 Å². The highest BCUT2D eigenvalue weighted by molar-refractivity contribution is 5.70. The van der Waals surface area contributed by atoms with E-state index in [1.165, 1.54) is 0 Å². The molecule has 186 valence electrons. The average Bonchev–Trinajstić information content (AvgIpc) is 3.51. The van der Waals surface area contributed by atoms with Gasteiger partial charge < -0.3 is 19.6 Å². The van der Waals surface area contributed by atoms with E-state index in [9.17, 15) is 9.90 Å². The van der Waals surface area contributed by atoms with E-state index in [-0.39, 0.29) is 12.0 Å². The minimum Gasteiger partial charge on any atom is -0.489 e. The SMILES string of the molecule is Cc1nc(-c2nnn(C)c2CNc2ncc(-c3ccccn3)o2)ccc1O[C@H]1CCC[C@H](C(=O)O)C1. The number of rotatable bonds is 8. The molecule has 0 bridgehead atoms. The number of carboxylic acid groups (broad SMARTS) is 1. The highest BCUT2D eigenvalue weighted by atomic mass is 16.5. The number of hydrogen-bond acceptors (Lipinski definition) is 9. The number of aliphatic carboxylic acids is 1. The molecule has 0 aromatic carbocycles. The van der Waals surface area contributed by atoms with Crippen LogP contribution in [-0.4, -0.2) is 47.1 Å². The van der Waals surface area contributed by atoms with Crippen LogP contribution in [0.15, 0.2) is 47.1 Å². The Morgan fingerprint density at radius 1 is 1.22 bits per heavy atom. The highest BCUT2D eigenvalue weighted by Crippen LogP contribution is 2.30. The Balaban J connectivity index is 1.28. The molecule has 11 heteroatoms. The van der Waals surface area contributed by atoms with Gasteiger partial charge in [-0.3, -0.25) is 9.78 Å². The van der Waals surface area contributed by atoms with Crippen molar-refractivity contribution in [1.82, 2.24) is 29.9 Å². The lowest BCUT2D eigenvalue weighted by Crippen LogP contribution is -2.29. The highest BCUT2D eigenvalue weighted by Gasteiger charge is 2.28. The van der Waals surface area contributed by atoms with Gasteiger partial charge >= 0.3 is 5.97 Å². The van der Waals surface area contributed by atoms with Crippen LogP contribution in [0.5, 0.6) is 5.75 Å². The molecule has 1 aliphatic carbocycles. The molecule has 0 saturated heterocycles. The van der Waals surface area contributed by atoms with Crippen LogP contribution in [0, 0.1) is 12.8 Å². The van der Waals surface area contributed by atoms with Gasteiger partial charge in [-0.25, -0.2) is 14.6 Å². The van der Waals surface area contributed by atoms with Crippen LogP contribution in [0.2, 0.25) is 0 Å². The summed E-state index contributed by atoms with van der Waals surface area (Å²) in [7, 11) is 1.81. The molecule has 0 aliphatic heterocycles. The topological polar surface area (TPSA) is 141 Å². The summed E-state index contributed by atoms with van der Waals surface area (Å²) >= 11 is 0. The van der Waals surface area contributed by atoms with Gasteiger partial charge in [0.05, 0.1) is 41.8 Å². The molecule has 2 N–H and O–H groups in total. The first-order valence-corrected chi connectivity index (χ1v) is 11.8. The van der Waals surface area contributed by atoms with Gasteiger partial charge in [-0.05, 0) is 56.9 Å². The zero-order valence-corrected chi connectivity index (χ0v) is 20.1. The van der Waals surface area contributed by atoms with Crippen LogP contribution in [0.3, 0.4) is 0 Å². The molecular weight excluding hydrogens is 462 g/mol. The number of aromatic nitrogens is 6. The van der Waals surface area contributed by atoms with Crippen LogP contribution in [0.25, 0.3) is 22.8 Å². The van der Waals surface area contributed by atoms with Gasteiger partial charge in [-0.15, -0.1) is 5.10 Å². The second kappa shape index (κ2) is 10.1. The molecule has 11 nitrogen and oxygen atoms in total. The average molecular weight is 490 g/mol. The van der Waals surface area contributed by atoms with E-state index in [1.54, 1.807) is 17.1 Å². The molecule has 0 radical (unpaired) electrons. The van der Waals surface area contributed by atoms with Gasteiger partial charge in [-0.2, -0.15) is 0 Å². The van der Waals surface area contributed by atoms with Crippen LogP contribution < -0.4 is 10.1 Å². The third-order valence-corrected chi connectivity index (χ3v) is 6.32. The lowest BCUT2D eigenvalue weighted by molar-refractivity contribution is -0.143. The number of carboxylic acids is 1. The maximum Gasteiger partial charge on any atom is 0.306 e. The Kier molecular flexibility index (Phi) is 6.61. The minimum absolute atomic E-state index is 0.126. The van der Waals surface area contributed by atoms with E-state index >= 15 is 0 Å². The number of oxazole rings is 1. The van der Waals surface area contributed by atoms with Crippen LogP contribution in [0.1, 0.15) is 37.1 Å². The normalized spacial score (nSPS) is 17.6. The maximum atomic E-state index is 11.4. The van der Waals surface area contributed by atoms with Crippen molar-refractivity contribution in [2.24, 2.45) is 13.0 Å². The number of hydrogen-bond donors (Lipinski definition) is 2. The summed E-state index contributed by atoms with van der Waals surface area (Å²) < 4.78 is 13.6. The van der Waals surface area contributed by atoms with E-state index < -0.39 is 5.97 Å². The molecule has 0 spiro atoms. The second-order valence-electron chi connectivity index (χ2n) is 8.83. The lowest BCUT2D eigenvalue weighted by Gasteiger charge is -2.27. The van der Waals surface area contributed by atoms with Crippen molar-refractivity contribution in [2.45, 2.75) is 45.3 Å². The standard InChI is InChI=1S/C25H27N7O4/c1-15-21(35-17-7-5-6-16(12-17)24(33)34)10-9-19(29-15)23-20(32(2)31-30-23)13-27-25-28-14-22(36-25)18-8-3-4-11-26-18/h3-4,8-11,14,16-17H,5-7,12-13H2,1-2H3,(H,27,28)(H,33,34)/t16-,17-/m0/s1. The number of nitrogens with zero attached hydrogens (tertiary/aromatic N) is 6. The van der Waals surface area contributed by atoms with Crippen molar-refractivity contribution in [1.29, 1.82) is 0 Å². The molecule has 0 unspecified atom stereocenters. The van der Waals surface area contributed by atoms with Crippen molar-refractivity contribution < 1.29 is 19.1 Å². The van der Waals surface area contributed by atoms with E-state index in [0.29, 0.717) is 59.7 Å². The van der Waals surface area contributed by atoms with Gasteiger partial charge in [0.15, 0.2) is 5.76 Å². The number of aryl methyl sites for hydroxylation is 2. The Hall–Kier alpha value is -4.28. The maximum absolute atomic E-state index is 11.4. The largest absolute Gasteiger partial charge is 0.489 e. The summed E-state index contributed by atoms with van der Waals surface area (Å²) in [4.78, 5) is 24.6. The van der Waals surface area contributed by atoms with E-state index in [4.69, 9.17) is 14.1 Å². The Labute approximate surface area is 207 Å². The van der Waals surface area contributed by atoms with E-state index in [0.717, 1.165) is 18.5 Å². The van der Waals surface area contributed by atoms with Gasteiger partial charge in [0.2, 0.25) is 0 Å². The Bertz CT molecular complexity index is 1350. The quantitative estimate of drug-likeness (QED) is 0.374. The minimum atomic E-state index is -0.755. The number of carbonyl (C=O) groups is 1. The molecule has 36 heavy (non-hydrogen) atoms. The van der Waals surface area contributed by atoms with Crippen LogP contribution >= 0.6 is 0 Å². The first-order chi connectivity index (χ1) is 17.5. The fourth-order valence-corrected chi connectivity index (χ4v) is 4.38. The van der Waals surface area contributed by atoms with Gasteiger partial charge in [-0.1, -0.05) is 11.3 Å². The van der Waals surface area contributed by atoms with Crippen molar-refractivity contribution in [3.63, 3.8) is 0 Å². The summed E-state index contributed by atoms with van der Waals surface area (Å²) in [5, 5.41) is 21.0. The first kappa shape index (κ1) is 23.5. The summed E-state index contributed by atoms with van der Waals surface area (Å²) in [6.45, 7) is 2.25. The predicted molar refractivity (Wildman–Crippen MR) is 130 cm³/mol. The van der Waals surface area contributed by atoms with E-state index in [1.807, 2.05) is 44.3 Å². The zero-order valence-electron chi connectivity index (χ0n) is 20.1. The zero-order chi connectivity index (χ0) is 25.1. The van der Waals surface area contributed by atoms with Gasteiger partial charge in [0, 0.05) is 13.2 Å². The third kappa shape index (κ3) is 5.04. The summed E-state index contributed by atoms with van der Waals surface area (Å²) in [5.74, 6) is 0.117. The summed E-state index contributed by atoms with van der Waals surface area (Å²) in [5.41, 5.74) is 3.53. The molecule has 1 fully saturated rings. The van der Waals surface area contributed by atoms with Crippen molar-refractivity contribution in [2.75, 3.05) is 5.32 Å². The fourth-order valence-electron chi connectivity index (χ4n) is 4.38. The van der Waals surface area contributed by atoms with Crippen molar-refractivity contribution in [3.05, 3.63) is 54.1 Å². The van der Waals surface area contributed by atoms with Crippen molar-refractivity contribution in [3.8, 4) is 28.6 Å². The molecule has 5 rings (SSSR count). The van der Waals surface area contributed by atoms with Gasteiger partial charge in [0.25, 0.3) is 6.01 Å². The molecule has 4 heterocycles. The molecule has 1 aliphatic rings. The monoisotopic (exact) mass is 489 g/mol. The Morgan fingerprint density at radius 3 is 2.89 bits per heavy atom. The Morgan fingerprint density at radius 2 is 2.11 bits per heavy atom. The van der Waals surface area contributed by atoms with Crippen LogP contribution in [0.4, 0.5) is 6.01 Å². The lowest BCUT2D eigenvalue weighted by atomic mass is 9.87. The van der Waals surface area contributed by atoms with Crippen LogP contribution in [-0.2, 0) is 18.4 Å². The fraction of sp³-hybridized carbons (Fsp3) is 0.360. The molecule has 1 saturated carbocycles. The van der Waals surface area contributed by atoms with Gasteiger partial charge in [0.1, 0.15) is 17.1 Å². The molecule has 0 amide bonds. The number of ether oxygens (including phenoxy) is 1. The first-order valence-electron chi connectivity index (χ1n) is 11.8. The molecule has 4 aromatic heterocycles. The summed E-state index contributed by atoms with van der Waals surface area (Å²) in [6, 6.07) is 9.66.